The molecule has 0 saturated heterocycles. The standard InChI is InChI=1S/C19H29NO3/c1-5-11-23-17-9-8-16(12-15(17)3)20-18(21)19(22-4)10-6-7-14(2)13-19/h8-9,12,14H,5-7,10-11,13H2,1-4H3,(H,20,21). The Morgan fingerprint density at radius 1 is 1.43 bits per heavy atom. The van der Waals surface area contributed by atoms with Crippen molar-refractivity contribution in [2.45, 2.75) is 58.5 Å². The van der Waals surface area contributed by atoms with Crippen LogP contribution in [0.25, 0.3) is 0 Å². The van der Waals surface area contributed by atoms with Gasteiger partial charge in [-0.05, 0) is 62.3 Å². The van der Waals surface area contributed by atoms with Crippen molar-refractivity contribution in [3.05, 3.63) is 23.8 Å². The first-order valence-electron chi connectivity index (χ1n) is 8.61. The molecule has 1 aromatic rings. The summed E-state index contributed by atoms with van der Waals surface area (Å²) >= 11 is 0. The van der Waals surface area contributed by atoms with E-state index in [2.05, 4.69) is 19.2 Å². The molecular formula is C19H29NO3. The molecule has 1 aromatic carbocycles. The van der Waals surface area contributed by atoms with Gasteiger partial charge < -0.3 is 14.8 Å². The van der Waals surface area contributed by atoms with Crippen LogP contribution >= 0.6 is 0 Å². The van der Waals surface area contributed by atoms with E-state index in [4.69, 9.17) is 9.47 Å². The van der Waals surface area contributed by atoms with Gasteiger partial charge in [0.2, 0.25) is 0 Å². The molecule has 0 aliphatic heterocycles. The van der Waals surface area contributed by atoms with Gasteiger partial charge in [0.25, 0.3) is 5.91 Å². The molecule has 2 unspecified atom stereocenters. The van der Waals surface area contributed by atoms with Crippen molar-refractivity contribution in [3.8, 4) is 5.75 Å². The topological polar surface area (TPSA) is 47.6 Å². The van der Waals surface area contributed by atoms with Gasteiger partial charge in [-0.3, -0.25) is 4.79 Å². The third-order valence-electron chi connectivity index (χ3n) is 4.65. The summed E-state index contributed by atoms with van der Waals surface area (Å²) in [4.78, 5) is 12.8. The minimum Gasteiger partial charge on any atom is -0.493 e. The molecule has 0 heterocycles. The summed E-state index contributed by atoms with van der Waals surface area (Å²) in [7, 11) is 1.64. The molecule has 1 aliphatic rings. The fourth-order valence-corrected chi connectivity index (χ4v) is 3.33. The number of benzene rings is 1. The van der Waals surface area contributed by atoms with Crippen LogP contribution in [0.4, 0.5) is 5.69 Å². The Balaban J connectivity index is 2.08. The first-order valence-corrected chi connectivity index (χ1v) is 8.61. The van der Waals surface area contributed by atoms with Crippen LogP contribution in [0.2, 0.25) is 0 Å². The van der Waals surface area contributed by atoms with Crippen molar-refractivity contribution in [1.29, 1.82) is 0 Å². The van der Waals surface area contributed by atoms with E-state index in [1.165, 1.54) is 6.42 Å². The number of anilines is 1. The molecule has 1 amide bonds. The maximum atomic E-state index is 12.8. The average Bonchev–Trinajstić information content (AvgIpc) is 2.54. The highest BCUT2D eigenvalue weighted by atomic mass is 16.5. The van der Waals surface area contributed by atoms with E-state index in [9.17, 15) is 4.79 Å². The molecule has 4 heteroatoms. The maximum Gasteiger partial charge on any atom is 0.256 e. The number of hydrogen-bond donors (Lipinski definition) is 1. The molecule has 0 aromatic heterocycles. The molecule has 2 rings (SSSR count). The lowest BCUT2D eigenvalue weighted by molar-refractivity contribution is -0.143. The highest BCUT2D eigenvalue weighted by Crippen LogP contribution is 2.36. The Bertz CT molecular complexity index is 543. The van der Waals surface area contributed by atoms with Gasteiger partial charge in [0.05, 0.1) is 6.61 Å². The van der Waals surface area contributed by atoms with Crippen LogP contribution < -0.4 is 10.1 Å². The first-order chi connectivity index (χ1) is 11.0. The van der Waals surface area contributed by atoms with Crippen LogP contribution in [0, 0.1) is 12.8 Å². The van der Waals surface area contributed by atoms with Crippen LogP contribution in [0.15, 0.2) is 18.2 Å². The highest BCUT2D eigenvalue weighted by Gasteiger charge is 2.41. The van der Waals surface area contributed by atoms with Crippen molar-refractivity contribution in [3.63, 3.8) is 0 Å². The molecule has 1 N–H and O–H groups in total. The number of carbonyl (C=O) groups excluding carboxylic acids is 1. The van der Waals surface area contributed by atoms with Gasteiger partial charge in [0, 0.05) is 12.8 Å². The van der Waals surface area contributed by atoms with Gasteiger partial charge in [-0.25, -0.2) is 0 Å². The van der Waals surface area contributed by atoms with Gasteiger partial charge in [-0.15, -0.1) is 0 Å². The summed E-state index contributed by atoms with van der Waals surface area (Å²) in [6.07, 6.45) is 4.75. The number of nitrogens with one attached hydrogen (secondary N) is 1. The van der Waals surface area contributed by atoms with E-state index in [1.807, 2.05) is 25.1 Å². The predicted molar refractivity (Wildman–Crippen MR) is 93.0 cm³/mol. The van der Waals surface area contributed by atoms with Crippen molar-refractivity contribution < 1.29 is 14.3 Å². The first kappa shape index (κ1) is 17.8. The minimum atomic E-state index is -0.692. The van der Waals surface area contributed by atoms with Crippen molar-refractivity contribution in [2.75, 3.05) is 19.0 Å². The summed E-state index contributed by atoms with van der Waals surface area (Å²) in [5.41, 5.74) is 1.13. The normalized spacial score (nSPS) is 24.3. The third kappa shape index (κ3) is 4.25. The van der Waals surface area contributed by atoms with Crippen molar-refractivity contribution >= 4 is 11.6 Å². The summed E-state index contributed by atoms with van der Waals surface area (Å²) in [6.45, 7) is 6.97. The number of aryl methyl sites for hydroxylation is 1. The Hall–Kier alpha value is -1.55. The predicted octanol–water partition coefficient (Wildman–Crippen LogP) is 4.32. The Labute approximate surface area is 139 Å². The lowest BCUT2D eigenvalue weighted by Gasteiger charge is -2.37. The second-order valence-corrected chi connectivity index (χ2v) is 6.68. The molecule has 1 fully saturated rings. The van der Waals surface area contributed by atoms with Crippen LogP contribution in [0.1, 0.15) is 51.5 Å². The second kappa shape index (κ2) is 7.82. The molecule has 128 valence electrons. The van der Waals surface area contributed by atoms with E-state index in [-0.39, 0.29) is 5.91 Å². The molecule has 2 atom stereocenters. The van der Waals surface area contributed by atoms with Gasteiger partial charge >= 0.3 is 0 Å². The van der Waals surface area contributed by atoms with E-state index in [0.717, 1.165) is 42.7 Å². The highest BCUT2D eigenvalue weighted by molar-refractivity contribution is 5.97. The number of hydrogen-bond acceptors (Lipinski definition) is 3. The van der Waals surface area contributed by atoms with E-state index >= 15 is 0 Å². The number of amides is 1. The van der Waals surface area contributed by atoms with Gasteiger partial charge in [0.1, 0.15) is 11.4 Å². The van der Waals surface area contributed by atoms with Crippen LogP contribution in [0.3, 0.4) is 0 Å². The molecule has 23 heavy (non-hydrogen) atoms. The van der Waals surface area contributed by atoms with E-state index < -0.39 is 5.60 Å². The second-order valence-electron chi connectivity index (χ2n) is 6.68. The minimum absolute atomic E-state index is 0.0341. The Morgan fingerprint density at radius 2 is 2.22 bits per heavy atom. The van der Waals surface area contributed by atoms with Gasteiger partial charge in [-0.2, -0.15) is 0 Å². The largest absolute Gasteiger partial charge is 0.493 e. The zero-order valence-corrected chi connectivity index (χ0v) is 14.8. The van der Waals surface area contributed by atoms with Crippen LogP contribution in [-0.2, 0) is 9.53 Å². The number of rotatable bonds is 6. The number of methoxy groups -OCH3 is 1. The molecular weight excluding hydrogens is 290 g/mol. The fourth-order valence-electron chi connectivity index (χ4n) is 3.33. The molecule has 0 bridgehead atoms. The Kier molecular flexibility index (Phi) is 6.05. The SMILES string of the molecule is CCCOc1ccc(NC(=O)C2(OC)CCCC(C)C2)cc1C. The van der Waals surface area contributed by atoms with Crippen molar-refractivity contribution in [2.24, 2.45) is 5.92 Å². The van der Waals surface area contributed by atoms with Crippen molar-refractivity contribution in [1.82, 2.24) is 0 Å². The van der Waals surface area contributed by atoms with Gasteiger partial charge in [0.15, 0.2) is 0 Å². The molecule has 4 nitrogen and oxygen atoms in total. The lowest BCUT2D eigenvalue weighted by Crippen LogP contribution is -2.47. The monoisotopic (exact) mass is 319 g/mol. The zero-order valence-electron chi connectivity index (χ0n) is 14.8. The molecule has 1 aliphatic carbocycles. The average molecular weight is 319 g/mol. The summed E-state index contributed by atoms with van der Waals surface area (Å²) < 4.78 is 11.3. The van der Waals surface area contributed by atoms with Crippen LogP contribution in [0.5, 0.6) is 5.75 Å². The number of carbonyl (C=O) groups is 1. The number of ether oxygens (including phenoxy) is 2. The third-order valence-corrected chi connectivity index (χ3v) is 4.65. The maximum absolute atomic E-state index is 12.8. The summed E-state index contributed by atoms with van der Waals surface area (Å²) in [5, 5.41) is 3.03. The fraction of sp³-hybridized carbons (Fsp3) is 0.632. The van der Waals surface area contributed by atoms with Crippen LogP contribution in [-0.4, -0.2) is 25.2 Å². The van der Waals surface area contributed by atoms with Gasteiger partial charge in [-0.1, -0.05) is 20.3 Å². The summed E-state index contributed by atoms with van der Waals surface area (Å²) in [5.74, 6) is 1.35. The zero-order chi connectivity index (χ0) is 16.9. The molecule has 0 spiro atoms. The molecule has 0 radical (unpaired) electrons. The van der Waals surface area contributed by atoms with E-state index in [1.54, 1.807) is 7.11 Å². The molecule has 1 saturated carbocycles. The summed E-state index contributed by atoms with van der Waals surface area (Å²) in [6, 6.07) is 5.77. The van der Waals surface area contributed by atoms with E-state index in [0.29, 0.717) is 12.5 Å². The quantitative estimate of drug-likeness (QED) is 0.849. The Morgan fingerprint density at radius 3 is 2.83 bits per heavy atom. The lowest BCUT2D eigenvalue weighted by atomic mass is 9.78. The smallest absolute Gasteiger partial charge is 0.256 e.